The van der Waals surface area contributed by atoms with E-state index in [1.807, 2.05) is 13.8 Å². The van der Waals surface area contributed by atoms with Gasteiger partial charge < -0.3 is 10.5 Å². The summed E-state index contributed by atoms with van der Waals surface area (Å²) in [4.78, 5) is 15.7. The Hall–Kier alpha value is -1.42. The highest BCUT2D eigenvalue weighted by atomic mass is 16.5. The van der Waals surface area contributed by atoms with Crippen LogP contribution in [0.15, 0.2) is 12.3 Å². The lowest BCUT2D eigenvalue weighted by atomic mass is 10.1. The van der Waals surface area contributed by atoms with Crippen LogP contribution >= 0.6 is 0 Å². The summed E-state index contributed by atoms with van der Waals surface area (Å²) in [6.45, 7) is 3.72. The SMILES string of the molecule is COC(C)CC(=O)c1cc(C)cnc1N. The Morgan fingerprint density at radius 3 is 2.93 bits per heavy atom. The molecule has 82 valence electrons. The molecule has 1 aromatic rings. The van der Waals surface area contributed by atoms with Crippen LogP contribution in [0.5, 0.6) is 0 Å². The molecule has 4 heteroatoms. The number of rotatable bonds is 4. The summed E-state index contributed by atoms with van der Waals surface area (Å²) < 4.78 is 5.03. The van der Waals surface area contributed by atoms with E-state index >= 15 is 0 Å². The minimum atomic E-state index is -0.0996. The van der Waals surface area contributed by atoms with Crippen molar-refractivity contribution in [3.8, 4) is 0 Å². The highest BCUT2D eigenvalue weighted by molar-refractivity contribution is 6.00. The van der Waals surface area contributed by atoms with Gasteiger partial charge in [-0.05, 0) is 25.5 Å². The molecule has 0 amide bonds. The predicted molar refractivity (Wildman–Crippen MR) is 58.8 cm³/mol. The zero-order valence-electron chi connectivity index (χ0n) is 9.28. The van der Waals surface area contributed by atoms with Gasteiger partial charge in [-0.25, -0.2) is 4.98 Å². The van der Waals surface area contributed by atoms with Crippen molar-refractivity contribution in [1.82, 2.24) is 4.98 Å². The van der Waals surface area contributed by atoms with Crippen molar-refractivity contribution in [3.63, 3.8) is 0 Å². The summed E-state index contributed by atoms with van der Waals surface area (Å²) in [6.07, 6.45) is 1.87. The lowest BCUT2D eigenvalue weighted by Crippen LogP contribution is -2.14. The van der Waals surface area contributed by atoms with Gasteiger partial charge >= 0.3 is 0 Å². The van der Waals surface area contributed by atoms with Crippen LogP contribution in [-0.4, -0.2) is 24.0 Å². The smallest absolute Gasteiger partial charge is 0.169 e. The lowest BCUT2D eigenvalue weighted by molar-refractivity contribution is 0.0792. The van der Waals surface area contributed by atoms with Crippen LogP contribution in [0.4, 0.5) is 5.82 Å². The Balaban J connectivity index is 2.86. The number of ketones is 1. The van der Waals surface area contributed by atoms with E-state index in [9.17, 15) is 4.79 Å². The first-order valence-corrected chi connectivity index (χ1v) is 4.82. The van der Waals surface area contributed by atoms with Crippen molar-refractivity contribution >= 4 is 11.6 Å². The maximum Gasteiger partial charge on any atom is 0.169 e. The van der Waals surface area contributed by atoms with Crippen molar-refractivity contribution in [2.24, 2.45) is 0 Å². The number of Topliss-reactive ketones (excluding diaryl/α,β-unsaturated/α-hetero) is 1. The maximum absolute atomic E-state index is 11.8. The van der Waals surface area contributed by atoms with Gasteiger partial charge in [-0.3, -0.25) is 4.79 Å². The average Bonchev–Trinajstić information content (AvgIpc) is 2.21. The van der Waals surface area contributed by atoms with E-state index in [1.165, 1.54) is 0 Å². The van der Waals surface area contributed by atoms with Gasteiger partial charge in [0.15, 0.2) is 5.78 Å². The third-order valence-electron chi connectivity index (χ3n) is 2.23. The molecular formula is C11H16N2O2. The van der Waals surface area contributed by atoms with E-state index in [2.05, 4.69) is 4.98 Å². The van der Waals surface area contributed by atoms with Gasteiger partial charge in [0, 0.05) is 19.7 Å². The van der Waals surface area contributed by atoms with Crippen LogP contribution in [0.1, 0.15) is 29.3 Å². The summed E-state index contributed by atoms with van der Waals surface area (Å²) in [7, 11) is 1.58. The van der Waals surface area contributed by atoms with E-state index in [0.717, 1.165) is 5.56 Å². The highest BCUT2D eigenvalue weighted by Crippen LogP contribution is 2.14. The summed E-state index contributed by atoms with van der Waals surface area (Å²) >= 11 is 0. The van der Waals surface area contributed by atoms with Gasteiger partial charge in [0.2, 0.25) is 0 Å². The molecule has 1 atom stereocenters. The van der Waals surface area contributed by atoms with E-state index in [0.29, 0.717) is 12.0 Å². The average molecular weight is 208 g/mol. The monoisotopic (exact) mass is 208 g/mol. The van der Waals surface area contributed by atoms with Gasteiger partial charge in [0.1, 0.15) is 5.82 Å². The predicted octanol–water partition coefficient (Wildman–Crippen LogP) is 1.58. The number of hydrogen-bond acceptors (Lipinski definition) is 4. The largest absolute Gasteiger partial charge is 0.383 e. The maximum atomic E-state index is 11.8. The van der Waals surface area contributed by atoms with Crippen molar-refractivity contribution in [2.75, 3.05) is 12.8 Å². The molecule has 2 N–H and O–H groups in total. The van der Waals surface area contributed by atoms with E-state index < -0.39 is 0 Å². The molecule has 0 bridgehead atoms. The second-order valence-electron chi connectivity index (χ2n) is 3.62. The lowest BCUT2D eigenvalue weighted by Gasteiger charge is -2.09. The topological polar surface area (TPSA) is 65.2 Å². The number of nitrogens with zero attached hydrogens (tertiary/aromatic N) is 1. The molecule has 0 aliphatic rings. The molecule has 1 aromatic heterocycles. The summed E-state index contributed by atoms with van der Waals surface area (Å²) in [5.41, 5.74) is 7.05. The number of aryl methyl sites for hydroxylation is 1. The minimum Gasteiger partial charge on any atom is -0.383 e. The number of ether oxygens (including phenoxy) is 1. The first-order chi connectivity index (χ1) is 7.04. The molecule has 0 saturated carbocycles. The van der Waals surface area contributed by atoms with Gasteiger partial charge in [-0.2, -0.15) is 0 Å². The van der Waals surface area contributed by atoms with Gasteiger partial charge in [0.25, 0.3) is 0 Å². The van der Waals surface area contributed by atoms with Crippen molar-refractivity contribution in [1.29, 1.82) is 0 Å². The van der Waals surface area contributed by atoms with Crippen LogP contribution in [0, 0.1) is 6.92 Å². The quantitative estimate of drug-likeness (QED) is 0.763. The second-order valence-corrected chi connectivity index (χ2v) is 3.62. The highest BCUT2D eigenvalue weighted by Gasteiger charge is 2.14. The molecule has 15 heavy (non-hydrogen) atoms. The Kier molecular flexibility index (Phi) is 3.80. The number of nitrogen functional groups attached to an aromatic ring is 1. The van der Waals surface area contributed by atoms with Crippen LogP contribution in [0.2, 0.25) is 0 Å². The molecule has 0 aliphatic carbocycles. The van der Waals surface area contributed by atoms with Gasteiger partial charge in [-0.1, -0.05) is 0 Å². The number of pyridine rings is 1. The molecule has 0 spiro atoms. The standard InChI is InChI=1S/C11H16N2O2/c1-7-4-9(11(12)13-6-7)10(14)5-8(2)15-3/h4,6,8H,5H2,1-3H3,(H2,12,13). The van der Waals surface area contributed by atoms with Crippen molar-refractivity contribution in [3.05, 3.63) is 23.4 Å². The number of carbonyl (C=O) groups excluding carboxylic acids is 1. The second kappa shape index (κ2) is 4.89. The van der Waals surface area contributed by atoms with Crippen LogP contribution in [-0.2, 0) is 4.74 Å². The third-order valence-corrected chi connectivity index (χ3v) is 2.23. The minimum absolute atomic E-state index is 0.0296. The Labute approximate surface area is 89.5 Å². The van der Waals surface area contributed by atoms with Crippen LogP contribution in [0.3, 0.4) is 0 Å². The van der Waals surface area contributed by atoms with E-state index in [1.54, 1.807) is 19.4 Å². The molecule has 0 fully saturated rings. The number of anilines is 1. The first kappa shape index (κ1) is 11.7. The fraction of sp³-hybridized carbons (Fsp3) is 0.455. The Morgan fingerprint density at radius 2 is 2.33 bits per heavy atom. The summed E-state index contributed by atoms with van der Waals surface area (Å²) in [6, 6.07) is 1.76. The van der Waals surface area contributed by atoms with Crippen molar-refractivity contribution < 1.29 is 9.53 Å². The van der Waals surface area contributed by atoms with Crippen LogP contribution < -0.4 is 5.73 Å². The zero-order chi connectivity index (χ0) is 11.4. The molecule has 1 unspecified atom stereocenters. The third kappa shape index (κ3) is 3.02. The molecule has 0 radical (unpaired) electrons. The number of methoxy groups -OCH3 is 1. The zero-order valence-corrected chi connectivity index (χ0v) is 9.28. The van der Waals surface area contributed by atoms with E-state index in [-0.39, 0.29) is 17.7 Å². The fourth-order valence-electron chi connectivity index (χ4n) is 1.26. The summed E-state index contributed by atoms with van der Waals surface area (Å²) in [5, 5.41) is 0. The van der Waals surface area contributed by atoms with Gasteiger partial charge in [-0.15, -0.1) is 0 Å². The number of carbonyl (C=O) groups is 1. The molecular weight excluding hydrogens is 192 g/mol. The normalized spacial score (nSPS) is 12.5. The Morgan fingerprint density at radius 1 is 1.67 bits per heavy atom. The number of nitrogens with two attached hydrogens (primary N) is 1. The van der Waals surface area contributed by atoms with Crippen LogP contribution in [0.25, 0.3) is 0 Å². The molecule has 0 saturated heterocycles. The molecule has 0 aliphatic heterocycles. The number of hydrogen-bond donors (Lipinski definition) is 1. The molecule has 1 heterocycles. The molecule has 1 rings (SSSR count). The molecule has 4 nitrogen and oxygen atoms in total. The van der Waals surface area contributed by atoms with E-state index in [4.69, 9.17) is 10.5 Å². The first-order valence-electron chi connectivity index (χ1n) is 4.82. The fourth-order valence-corrected chi connectivity index (χ4v) is 1.26. The van der Waals surface area contributed by atoms with Gasteiger partial charge in [0.05, 0.1) is 11.7 Å². The van der Waals surface area contributed by atoms with Crippen molar-refractivity contribution in [2.45, 2.75) is 26.4 Å². The summed E-state index contributed by atoms with van der Waals surface area (Å²) in [5.74, 6) is 0.256. The number of aromatic nitrogens is 1. The Bertz CT molecular complexity index is 364. The molecule has 0 aromatic carbocycles.